The molecule has 2 unspecified atom stereocenters. The number of ether oxygens (including phenoxy) is 1. The lowest BCUT2D eigenvalue weighted by molar-refractivity contribution is -0.125. The Morgan fingerprint density at radius 1 is 1.36 bits per heavy atom. The molecule has 0 radical (unpaired) electrons. The number of guanidine groups is 1. The molecule has 2 saturated carbocycles. The molecule has 1 heterocycles. The molecule has 2 atom stereocenters. The molecular weight excluding hydrogens is 332 g/mol. The van der Waals surface area contributed by atoms with Gasteiger partial charge in [-0.25, -0.2) is 9.98 Å². The summed E-state index contributed by atoms with van der Waals surface area (Å²) in [5.41, 5.74) is 0.322. The molecule has 6 heteroatoms. The zero-order valence-electron chi connectivity index (χ0n) is 15.8. The molecule has 0 bridgehead atoms. The van der Waals surface area contributed by atoms with E-state index in [9.17, 15) is 0 Å². The number of aromatic nitrogens is 1. The number of hydrogen-bond donors (Lipinski definition) is 2. The van der Waals surface area contributed by atoms with Gasteiger partial charge in [-0.05, 0) is 39.5 Å². The third-order valence-corrected chi connectivity index (χ3v) is 6.79. The van der Waals surface area contributed by atoms with Crippen molar-refractivity contribution in [1.82, 2.24) is 15.6 Å². The fourth-order valence-electron chi connectivity index (χ4n) is 4.31. The first-order chi connectivity index (χ1) is 12.2. The van der Waals surface area contributed by atoms with E-state index in [1.54, 1.807) is 11.3 Å². The van der Waals surface area contributed by atoms with Crippen LogP contribution in [0.1, 0.15) is 62.8 Å². The summed E-state index contributed by atoms with van der Waals surface area (Å²) in [6, 6.07) is 0.479. The Morgan fingerprint density at radius 2 is 2.16 bits per heavy atom. The largest absolute Gasteiger partial charge is 0.378 e. The second kappa shape index (κ2) is 8.49. The Morgan fingerprint density at radius 3 is 2.80 bits per heavy atom. The van der Waals surface area contributed by atoms with Gasteiger partial charge >= 0.3 is 0 Å². The van der Waals surface area contributed by atoms with E-state index in [1.807, 2.05) is 6.20 Å². The lowest BCUT2D eigenvalue weighted by atomic mass is 9.60. The van der Waals surface area contributed by atoms with Crippen LogP contribution in [-0.2, 0) is 17.7 Å². The van der Waals surface area contributed by atoms with E-state index in [1.165, 1.54) is 30.6 Å². The minimum absolute atomic E-state index is 0.322. The van der Waals surface area contributed by atoms with Crippen LogP contribution in [0.25, 0.3) is 0 Å². The second-order valence-electron chi connectivity index (χ2n) is 7.09. The smallest absolute Gasteiger partial charge is 0.191 e. The molecule has 2 N–H and O–H groups in total. The third kappa shape index (κ3) is 4.00. The number of rotatable bonds is 7. The van der Waals surface area contributed by atoms with Gasteiger partial charge in [0.1, 0.15) is 5.01 Å². The maximum atomic E-state index is 6.02. The SMILES string of the molecule is CCNC(=NCc1ncc(CC)s1)NC1CC(OCC)C12CCCC2. The number of aryl methyl sites for hydroxylation is 1. The Balaban J connectivity index is 1.64. The fourth-order valence-corrected chi connectivity index (χ4v) is 5.09. The summed E-state index contributed by atoms with van der Waals surface area (Å²) in [5.74, 6) is 0.918. The van der Waals surface area contributed by atoms with E-state index >= 15 is 0 Å². The van der Waals surface area contributed by atoms with Crippen molar-refractivity contribution in [2.75, 3.05) is 13.2 Å². The highest BCUT2D eigenvalue weighted by Crippen LogP contribution is 2.54. The molecule has 5 nitrogen and oxygen atoms in total. The van der Waals surface area contributed by atoms with Crippen LogP contribution >= 0.6 is 11.3 Å². The van der Waals surface area contributed by atoms with Crippen molar-refractivity contribution in [3.63, 3.8) is 0 Å². The van der Waals surface area contributed by atoms with Crippen molar-refractivity contribution >= 4 is 17.3 Å². The van der Waals surface area contributed by atoms with Gasteiger partial charge in [0.2, 0.25) is 0 Å². The highest BCUT2D eigenvalue weighted by atomic mass is 32.1. The molecule has 0 saturated heterocycles. The van der Waals surface area contributed by atoms with Crippen molar-refractivity contribution in [3.05, 3.63) is 16.1 Å². The minimum Gasteiger partial charge on any atom is -0.378 e. The van der Waals surface area contributed by atoms with Crippen LogP contribution in [0.2, 0.25) is 0 Å². The quantitative estimate of drug-likeness (QED) is 0.574. The summed E-state index contributed by atoms with van der Waals surface area (Å²) in [6.07, 6.45) is 9.75. The molecule has 140 valence electrons. The number of hydrogen-bond acceptors (Lipinski definition) is 4. The van der Waals surface area contributed by atoms with Gasteiger partial charge in [0.15, 0.2) is 5.96 Å². The summed E-state index contributed by atoms with van der Waals surface area (Å²) < 4.78 is 6.02. The van der Waals surface area contributed by atoms with Crippen LogP contribution in [-0.4, -0.2) is 36.2 Å². The molecule has 1 aromatic rings. The second-order valence-corrected chi connectivity index (χ2v) is 8.29. The van der Waals surface area contributed by atoms with Crippen LogP contribution in [0, 0.1) is 5.41 Å². The molecule has 2 aliphatic carbocycles. The zero-order valence-corrected chi connectivity index (χ0v) is 16.6. The average Bonchev–Trinajstić information content (AvgIpc) is 3.29. The van der Waals surface area contributed by atoms with Crippen LogP contribution in [0.3, 0.4) is 0 Å². The predicted octanol–water partition coefficient (Wildman–Crippen LogP) is 3.50. The van der Waals surface area contributed by atoms with Gasteiger partial charge in [-0.2, -0.15) is 0 Å². The Labute approximate surface area is 155 Å². The summed E-state index contributed by atoms with van der Waals surface area (Å²) in [7, 11) is 0. The van der Waals surface area contributed by atoms with Gasteiger partial charge in [-0.1, -0.05) is 19.8 Å². The lowest BCUT2D eigenvalue weighted by Gasteiger charge is -2.54. The van der Waals surface area contributed by atoms with E-state index < -0.39 is 0 Å². The highest BCUT2D eigenvalue weighted by Gasteiger charge is 2.56. The summed E-state index contributed by atoms with van der Waals surface area (Å²) >= 11 is 1.76. The molecule has 0 amide bonds. The molecule has 2 fully saturated rings. The third-order valence-electron chi connectivity index (χ3n) is 5.66. The Hall–Kier alpha value is -1.14. The average molecular weight is 365 g/mol. The molecule has 1 spiro atoms. The van der Waals surface area contributed by atoms with Gasteiger partial charge < -0.3 is 15.4 Å². The molecular formula is C19H32N4OS. The highest BCUT2D eigenvalue weighted by molar-refractivity contribution is 7.11. The number of nitrogens with zero attached hydrogens (tertiary/aromatic N) is 2. The maximum absolute atomic E-state index is 6.02. The van der Waals surface area contributed by atoms with E-state index in [0.717, 1.165) is 37.0 Å². The first-order valence-corrected chi connectivity index (χ1v) is 10.6. The number of aliphatic imine (C=N–C) groups is 1. The Bertz CT molecular complexity index is 580. The predicted molar refractivity (Wildman–Crippen MR) is 104 cm³/mol. The van der Waals surface area contributed by atoms with Gasteiger partial charge in [0.05, 0.1) is 12.6 Å². The van der Waals surface area contributed by atoms with Crippen LogP contribution < -0.4 is 10.6 Å². The maximum Gasteiger partial charge on any atom is 0.191 e. The van der Waals surface area contributed by atoms with E-state index in [0.29, 0.717) is 24.1 Å². The summed E-state index contributed by atoms with van der Waals surface area (Å²) in [4.78, 5) is 10.6. The molecule has 0 aromatic carbocycles. The molecule has 0 aliphatic heterocycles. The fraction of sp³-hybridized carbons (Fsp3) is 0.789. The number of thiazole rings is 1. The van der Waals surface area contributed by atoms with Crippen molar-refractivity contribution in [3.8, 4) is 0 Å². The standard InChI is InChI=1S/C19H32N4OS/c1-4-14-12-21-17(25-14)13-22-18(20-5-2)23-15-11-16(24-6-3)19(15)9-7-8-10-19/h12,15-16H,4-11,13H2,1-3H3,(H2,20,22,23). The van der Waals surface area contributed by atoms with E-state index in [4.69, 9.17) is 9.73 Å². The molecule has 25 heavy (non-hydrogen) atoms. The van der Waals surface area contributed by atoms with Crippen molar-refractivity contribution < 1.29 is 4.74 Å². The summed E-state index contributed by atoms with van der Waals surface area (Å²) in [6.45, 7) is 8.72. The van der Waals surface area contributed by atoms with Crippen molar-refractivity contribution in [2.24, 2.45) is 10.4 Å². The first kappa shape index (κ1) is 18.6. The van der Waals surface area contributed by atoms with Gasteiger partial charge in [-0.3, -0.25) is 0 Å². The normalized spacial score (nSPS) is 25.2. The monoisotopic (exact) mass is 364 g/mol. The van der Waals surface area contributed by atoms with Crippen LogP contribution in [0.4, 0.5) is 0 Å². The topological polar surface area (TPSA) is 58.5 Å². The first-order valence-electron chi connectivity index (χ1n) is 9.81. The Kier molecular flexibility index (Phi) is 6.34. The van der Waals surface area contributed by atoms with Crippen LogP contribution in [0.5, 0.6) is 0 Å². The van der Waals surface area contributed by atoms with E-state index in [2.05, 4.69) is 36.4 Å². The molecule has 3 rings (SSSR count). The van der Waals surface area contributed by atoms with Gasteiger partial charge in [0, 0.05) is 35.7 Å². The van der Waals surface area contributed by atoms with Crippen LogP contribution in [0.15, 0.2) is 11.2 Å². The summed E-state index contributed by atoms with van der Waals surface area (Å²) in [5, 5.41) is 8.19. The zero-order chi connectivity index (χ0) is 17.7. The molecule has 2 aliphatic rings. The number of nitrogens with one attached hydrogen (secondary N) is 2. The molecule has 1 aromatic heterocycles. The van der Waals surface area contributed by atoms with E-state index in [-0.39, 0.29) is 0 Å². The minimum atomic E-state index is 0.322. The van der Waals surface area contributed by atoms with Gasteiger partial charge in [0.25, 0.3) is 0 Å². The lowest BCUT2D eigenvalue weighted by Crippen LogP contribution is -2.65. The van der Waals surface area contributed by atoms with Crippen molar-refractivity contribution in [1.29, 1.82) is 0 Å². The van der Waals surface area contributed by atoms with Crippen molar-refractivity contribution in [2.45, 2.75) is 78.0 Å². The van der Waals surface area contributed by atoms with Gasteiger partial charge in [-0.15, -0.1) is 11.3 Å².